The molecule has 2 nitrogen and oxygen atoms in total. The van der Waals surface area contributed by atoms with Crippen molar-refractivity contribution in [3.05, 3.63) is 20.9 Å². The van der Waals surface area contributed by atoms with Crippen LogP contribution in [0.15, 0.2) is 0 Å². The summed E-state index contributed by atoms with van der Waals surface area (Å²) in [4.78, 5) is 5.75. The first-order valence-corrected chi connectivity index (χ1v) is 5.42. The maximum atomic E-state index is 6.05. The zero-order valence-corrected chi connectivity index (χ0v) is 10.6. The van der Waals surface area contributed by atoms with Crippen molar-refractivity contribution in [2.24, 2.45) is 0 Å². The first-order valence-electron chi connectivity index (χ1n) is 3.75. The standard InChI is InChI=1S/C8H8Cl4N2/c1-14(2)7-5(10)4(3-9)13-8(12)6(7)11/h3H2,1-2H3. The molecule has 0 radical (unpaired) electrons. The highest BCUT2D eigenvalue weighted by Gasteiger charge is 2.17. The van der Waals surface area contributed by atoms with Crippen LogP contribution in [0.1, 0.15) is 5.69 Å². The van der Waals surface area contributed by atoms with Gasteiger partial charge < -0.3 is 4.90 Å². The second-order valence-electron chi connectivity index (χ2n) is 2.85. The van der Waals surface area contributed by atoms with Crippen molar-refractivity contribution in [3.8, 4) is 0 Å². The topological polar surface area (TPSA) is 16.1 Å². The van der Waals surface area contributed by atoms with Gasteiger partial charge in [0, 0.05) is 14.1 Å². The Morgan fingerprint density at radius 2 is 1.71 bits per heavy atom. The average molecular weight is 274 g/mol. The van der Waals surface area contributed by atoms with E-state index in [1.165, 1.54) is 0 Å². The summed E-state index contributed by atoms with van der Waals surface area (Å²) in [7, 11) is 3.64. The number of rotatable bonds is 2. The van der Waals surface area contributed by atoms with Crippen LogP contribution in [-0.2, 0) is 5.88 Å². The molecule has 0 bridgehead atoms. The highest BCUT2D eigenvalue weighted by Crippen LogP contribution is 2.38. The number of nitrogens with zero attached hydrogens (tertiary/aromatic N) is 2. The molecule has 1 heterocycles. The van der Waals surface area contributed by atoms with Gasteiger partial charge in [0.15, 0.2) is 0 Å². The molecule has 1 rings (SSSR count). The fourth-order valence-corrected chi connectivity index (χ4v) is 2.21. The lowest BCUT2D eigenvalue weighted by molar-refractivity contribution is 1.09. The van der Waals surface area contributed by atoms with E-state index in [0.717, 1.165) is 0 Å². The van der Waals surface area contributed by atoms with Crippen LogP contribution in [0.4, 0.5) is 5.69 Å². The number of pyridine rings is 1. The maximum Gasteiger partial charge on any atom is 0.150 e. The third kappa shape index (κ3) is 2.19. The smallest absolute Gasteiger partial charge is 0.150 e. The zero-order chi connectivity index (χ0) is 10.9. The Labute approximate surface area is 103 Å². The lowest BCUT2D eigenvalue weighted by atomic mass is 10.3. The zero-order valence-electron chi connectivity index (χ0n) is 7.61. The third-order valence-corrected chi connectivity index (χ3v) is 3.04. The van der Waals surface area contributed by atoms with E-state index in [9.17, 15) is 0 Å². The van der Waals surface area contributed by atoms with Crippen LogP contribution in [0.2, 0.25) is 15.2 Å². The van der Waals surface area contributed by atoms with E-state index in [2.05, 4.69) is 4.98 Å². The Hall–Kier alpha value is 0.110. The summed E-state index contributed by atoms with van der Waals surface area (Å²) in [6.07, 6.45) is 0. The van der Waals surface area contributed by atoms with E-state index < -0.39 is 0 Å². The summed E-state index contributed by atoms with van der Waals surface area (Å²) >= 11 is 23.5. The molecule has 1 aromatic heterocycles. The Bertz CT molecular complexity index is 352. The summed E-state index contributed by atoms with van der Waals surface area (Å²) in [6.45, 7) is 0. The Morgan fingerprint density at radius 3 is 2.14 bits per heavy atom. The van der Waals surface area contributed by atoms with Crippen LogP contribution in [0.25, 0.3) is 0 Å². The van der Waals surface area contributed by atoms with Crippen molar-refractivity contribution in [3.63, 3.8) is 0 Å². The van der Waals surface area contributed by atoms with Crippen molar-refractivity contribution in [2.45, 2.75) is 5.88 Å². The van der Waals surface area contributed by atoms with Gasteiger partial charge >= 0.3 is 0 Å². The lowest BCUT2D eigenvalue weighted by Gasteiger charge is -2.18. The van der Waals surface area contributed by atoms with Crippen LogP contribution in [-0.4, -0.2) is 19.1 Å². The van der Waals surface area contributed by atoms with Gasteiger partial charge in [-0.3, -0.25) is 0 Å². The lowest BCUT2D eigenvalue weighted by Crippen LogP contribution is -2.11. The summed E-state index contributed by atoms with van der Waals surface area (Å²) in [5.41, 5.74) is 1.18. The Morgan fingerprint density at radius 1 is 1.14 bits per heavy atom. The molecule has 0 fully saturated rings. The number of anilines is 1. The molecule has 0 aliphatic heterocycles. The molecule has 0 saturated heterocycles. The molecule has 0 aliphatic rings. The second-order valence-corrected chi connectivity index (χ2v) is 4.24. The number of halogens is 4. The van der Waals surface area contributed by atoms with Gasteiger partial charge in [-0.05, 0) is 0 Å². The van der Waals surface area contributed by atoms with Crippen molar-refractivity contribution < 1.29 is 0 Å². The highest BCUT2D eigenvalue weighted by atomic mass is 35.5. The van der Waals surface area contributed by atoms with Gasteiger partial charge in [-0.2, -0.15) is 0 Å². The molecule has 0 saturated carbocycles. The van der Waals surface area contributed by atoms with E-state index >= 15 is 0 Å². The average Bonchev–Trinajstić information content (AvgIpc) is 2.11. The summed E-state index contributed by atoms with van der Waals surface area (Å²) in [6, 6.07) is 0. The molecular formula is C8H8Cl4N2. The first kappa shape index (κ1) is 12.2. The fraction of sp³-hybridized carbons (Fsp3) is 0.375. The van der Waals surface area contributed by atoms with Gasteiger partial charge in [-0.15, -0.1) is 11.6 Å². The van der Waals surface area contributed by atoms with Crippen LogP contribution < -0.4 is 4.90 Å². The minimum absolute atomic E-state index is 0.205. The van der Waals surface area contributed by atoms with Gasteiger partial charge in [0.1, 0.15) is 10.2 Å². The molecule has 0 N–H and O–H groups in total. The van der Waals surface area contributed by atoms with Gasteiger partial charge in [0.2, 0.25) is 0 Å². The first-order chi connectivity index (χ1) is 6.49. The van der Waals surface area contributed by atoms with Crippen LogP contribution >= 0.6 is 46.4 Å². The second kappa shape index (κ2) is 4.75. The third-order valence-electron chi connectivity index (χ3n) is 1.66. The van der Waals surface area contributed by atoms with Crippen LogP contribution in [0.3, 0.4) is 0 Å². The van der Waals surface area contributed by atoms with Crippen LogP contribution in [0, 0.1) is 0 Å². The molecule has 0 atom stereocenters. The summed E-state index contributed by atoms with van der Waals surface area (Å²) < 4.78 is 0. The maximum absolute atomic E-state index is 6.05. The van der Waals surface area contributed by atoms with Crippen molar-refractivity contribution in [2.75, 3.05) is 19.0 Å². The Balaban J connectivity index is 3.45. The molecule has 0 unspecified atom stereocenters. The fourth-order valence-electron chi connectivity index (χ4n) is 1.03. The SMILES string of the molecule is CN(C)c1c(Cl)c(Cl)nc(CCl)c1Cl. The quantitative estimate of drug-likeness (QED) is 0.601. The molecule has 14 heavy (non-hydrogen) atoms. The molecule has 0 aromatic carbocycles. The minimum Gasteiger partial charge on any atom is -0.375 e. The van der Waals surface area contributed by atoms with E-state index in [1.54, 1.807) is 4.90 Å². The number of aromatic nitrogens is 1. The van der Waals surface area contributed by atoms with E-state index in [1.807, 2.05) is 14.1 Å². The number of alkyl halides is 1. The minimum atomic E-state index is 0.205. The normalized spacial score (nSPS) is 10.4. The molecular weight excluding hydrogens is 266 g/mol. The van der Waals surface area contributed by atoms with Gasteiger partial charge in [0.05, 0.1) is 22.3 Å². The largest absolute Gasteiger partial charge is 0.375 e. The van der Waals surface area contributed by atoms with Crippen molar-refractivity contribution in [1.82, 2.24) is 4.98 Å². The summed E-state index contributed by atoms with van der Waals surface area (Å²) in [5, 5.41) is 1.00. The van der Waals surface area contributed by atoms with E-state index in [4.69, 9.17) is 46.4 Å². The number of hydrogen-bond acceptors (Lipinski definition) is 2. The summed E-state index contributed by atoms with van der Waals surface area (Å²) in [5.74, 6) is 0.205. The number of hydrogen-bond donors (Lipinski definition) is 0. The molecule has 0 amide bonds. The molecule has 78 valence electrons. The molecule has 1 aromatic rings. The predicted molar refractivity (Wildman–Crippen MR) is 63.2 cm³/mol. The monoisotopic (exact) mass is 272 g/mol. The van der Waals surface area contributed by atoms with E-state index in [-0.39, 0.29) is 11.0 Å². The van der Waals surface area contributed by atoms with Crippen LogP contribution in [0.5, 0.6) is 0 Å². The highest BCUT2D eigenvalue weighted by molar-refractivity contribution is 6.45. The van der Waals surface area contributed by atoms with E-state index in [0.29, 0.717) is 21.4 Å². The van der Waals surface area contributed by atoms with Gasteiger partial charge in [-0.25, -0.2) is 4.98 Å². The molecule has 0 aliphatic carbocycles. The molecule has 6 heteroatoms. The predicted octanol–water partition coefficient (Wildman–Crippen LogP) is 3.85. The van der Waals surface area contributed by atoms with Gasteiger partial charge in [0.25, 0.3) is 0 Å². The Kier molecular flexibility index (Phi) is 4.14. The molecule has 0 spiro atoms. The van der Waals surface area contributed by atoms with Crippen molar-refractivity contribution in [1.29, 1.82) is 0 Å². The van der Waals surface area contributed by atoms with Gasteiger partial charge in [-0.1, -0.05) is 34.8 Å². The van der Waals surface area contributed by atoms with Crippen molar-refractivity contribution >= 4 is 52.1 Å².